The van der Waals surface area contributed by atoms with E-state index in [2.05, 4.69) is 35.4 Å². The Bertz CT molecular complexity index is 717. The second-order valence-electron chi connectivity index (χ2n) is 6.34. The van der Waals surface area contributed by atoms with Crippen molar-refractivity contribution in [2.75, 3.05) is 19.3 Å². The van der Waals surface area contributed by atoms with Crippen molar-refractivity contribution in [2.24, 2.45) is 5.73 Å². The van der Waals surface area contributed by atoms with E-state index in [1.165, 1.54) is 10.5 Å². The van der Waals surface area contributed by atoms with Crippen LogP contribution in [0.2, 0.25) is 0 Å². The first-order chi connectivity index (χ1) is 12.4. The first kappa shape index (κ1) is 21.2. The molecule has 0 aromatic heterocycles. The number of nitrogens with zero attached hydrogens (tertiary/aromatic N) is 1. The fourth-order valence-corrected chi connectivity index (χ4v) is 3.86. The SMILES string of the molecule is CSc1ccc(CN(CCCN)Cc2ccc(CP(=O)(O)O)cc2)cc1. The molecular formula is C19H27N2O3PS. The molecule has 0 unspecified atom stereocenters. The van der Waals surface area contributed by atoms with Crippen molar-refractivity contribution < 1.29 is 14.4 Å². The summed E-state index contributed by atoms with van der Waals surface area (Å²) in [6.45, 7) is 3.19. The van der Waals surface area contributed by atoms with Crippen LogP contribution in [0.1, 0.15) is 23.1 Å². The molecule has 4 N–H and O–H groups in total. The van der Waals surface area contributed by atoms with E-state index in [4.69, 9.17) is 15.5 Å². The van der Waals surface area contributed by atoms with Gasteiger partial charge in [-0.1, -0.05) is 36.4 Å². The summed E-state index contributed by atoms with van der Waals surface area (Å²) in [5, 5.41) is 0. The first-order valence-electron chi connectivity index (χ1n) is 8.57. The lowest BCUT2D eigenvalue weighted by Crippen LogP contribution is -2.25. The van der Waals surface area contributed by atoms with Gasteiger partial charge in [-0.3, -0.25) is 9.46 Å². The molecule has 0 aliphatic heterocycles. The standard InChI is InChI=1S/C19H27N2O3PS/c1-26-19-9-7-17(8-10-19)14-21(12-2-11-20)13-16-3-5-18(6-4-16)15-25(22,23)24/h3-10H,2,11-15,20H2,1H3,(H2,22,23,24). The van der Waals surface area contributed by atoms with E-state index >= 15 is 0 Å². The monoisotopic (exact) mass is 394 g/mol. The van der Waals surface area contributed by atoms with Gasteiger partial charge in [-0.25, -0.2) is 0 Å². The number of benzene rings is 2. The highest BCUT2D eigenvalue weighted by Crippen LogP contribution is 2.38. The molecule has 2 aromatic carbocycles. The van der Waals surface area contributed by atoms with Gasteiger partial charge in [-0.15, -0.1) is 11.8 Å². The molecule has 0 amide bonds. The van der Waals surface area contributed by atoms with Crippen LogP contribution in [-0.2, 0) is 23.8 Å². The average molecular weight is 394 g/mol. The van der Waals surface area contributed by atoms with Crippen LogP contribution in [0.15, 0.2) is 53.4 Å². The second-order valence-corrected chi connectivity index (χ2v) is 8.87. The summed E-state index contributed by atoms with van der Waals surface area (Å²) in [6, 6.07) is 16.1. The van der Waals surface area contributed by atoms with E-state index in [0.29, 0.717) is 12.1 Å². The van der Waals surface area contributed by atoms with Gasteiger partial charge in [0.05, 0.1) is 6.16 Å². The Labute approximate surface area is 159 Å². The van der Waals surface area contributed by atoms with Crippen molar-refractivity contribution in [3.05, 3.63) is 65.2 Å². The highest BCUT2D eigenvalue weighted by atomic mass is 32.2. The fourth-order valence-electron chi connectivity index (χ4n) is 2.76. The molecule has 0 aliphatic carbocycles. The largest absolute Gasteiger partial charge is 0.330 e. The highest BCUT2D eigenvalue weighted by molar-refractivity contribution is 7.98. The summed E-state index contributed by atoms with van der Waals surface area (Å²) in [7, 11) is -4.02. The van der Waals surface area contributed by atoms with Gasteiger partial charge in [0.15, 0.2) is 0 Å². The zero-order valence-electron chi connectivity index (χ0n) is 15.0. The van der Waals surface area contributed by atoms with Gasteiger partial charge in [0.2, 0.25) is 0 Å². The summed E-state index contributed by atoms with van der Waals surface area (Å²) in [5.41, 5.74) is 8.72. The third kappa shape index (κ3) is 7.62. The van der Waals surface area contributed by atoms with Gasteiger partial charge in [-0.2, -0.15) is 0 Å². The molecule has 0 radical (unpaired) electrons. The van der Waals surface area contributed by atoms with Crippen LogP contribution >= 0.6 is 19.4 Å². The zero-order chi connectivity index (χ0) is 19.0. The average Bonchev–Trinajstić information content (AvgIpc) is 2.60. The maximum atomic E-state index is 11.1. The third-order valence-corrected chi connectivity index (χ3v) is 5.58. The molecule has 0 saturated heterocycles. The molecule has 0 aliphatic rings. The molecule has 7 heteroatoms. The molecular weight excluding hydrogens is 367 g/mol. The lowest BCUT2D eigenvalue weighted by atomic mass is 10.1. The number of hydrogen-bond donors (Lipinski definition) is 3. The Morgan fingerprint density at radius 1 is 0.962 bits per heavy atom. The number of thioether (sulfide) groups is 1. The molecule has 0 atom stereocenters. The van der Waals surface area contributed by atoms with Crippen molar-refractivity contribution in [3.63, 3.8) is 0 Å². The molecule has 0 bridgehead atoms. The van der Waals surface area contributed by atoms with Gasteiger partial charge in [-0.05, 0) is 48.0 Å². The van der Waals surface area contributed by atoms with Gasteiger partial charge < -0.3 is 15.5 Å². The Morgan fingerprint density at radius 2 is 1.46 bits per heavy atom. The Balaban J connectivity index is 2.02. The molecule has 0 fully saturated rings. The topological polar surface area (TPSA) is 86.8 Å². The van der Waals surface area contributed by atoms with Crippen LogP contribution in [0.3, 0.4) is 0 Å². The molecule has 0 heterocycles. The smallest absolute Gasteiger partial charge is 0.329 e. The highest BCUT2D eigenvalue weighted by Gasteiger charge is 2.14. The minimum Gasteiger partial charge on any atom is -0.330 e. The van der Waals surface area contributed by atoms with E-state index in [-0.39, 0.29) is 6.16 Å². The van der Waals surface area contributed by atoms with Gasteiger partial charge in [0.1, 0.15) is 0 Å². The number of hydrogen-bond acceptors (Lipinski definition) is 4. The summed E-state index contributed by atoms with van der Waals surface area (Å²) >= 11 is 1.73. The minimum absolute atomic E-state index is 0.216. The molecule has 142 valence electrons. The maximum absolute atomic E-state index is 11.1. The zero-order valence-corrected chi connectivity index (χ0v) is 16.8. The van der Waals surface area contributed by atoms with Crippen molar-refractivity contribution in [1.82, 2.24) is 4.90 Å². The van der Waals surface area contributed by atoms with E-state index in [0.717, 1.165) is 31.6 Å². The van der Waals surface area contributed by atoms with Gasteiger partial charge in [0.25, 0.3) is 0 Å². The summed E-state index contributed by atoms with van der Waals surface area (Å²) in [6.07, 6.45) is 2.78. The summed E-state index contributed by atoms with van der Waals surface area (Å²) in [5.74, 6) is 0. The van der Waals surface area contributed by atoms with Crippen molar-refractivity contribution in [1.29, 1.82) is 0 Å². The van der Waals surface area contributed by atoms with Crippen LogP contribution in [0, 0.1) is 0 Å². The second kappa shape index (κ2) is 10.3. The molecule has 0 saturated carbocycles. The van der Waals surface area contributed by atoms with Gasteiger partial charge in [0, 0.05) is 24.5 Å². The number of rotatable bonds is 10. The maximum Gasteiger partial charge on any atom is 0.329 e. The van der Waals surface area contributed by atoms with E-state index in [1.54, 1.807) is 23.9 Å². The minimum atomic E-state index is -4.02. The molecule has 2 aromatic rings. The number of nitrogens with two attached hydrogens (primary N) is 1. The summed E-state index contributed by atoms with van der Waals surface area (Å²) < 4.78 is 11.1. The van der Waals surface area contributed by atoms with Crippen LogP contribution in [-0.4, -0.2) is 34.0 Å². The predicted octanol–water partition coefficient (Wildman–Crippen LogP) is 3.44. The Kier molecular flexibility index (Phi) is 8.35. The van der Waals surface area contributed by atoms with Crippen molar-refractivity contribution in [2.45, 2.75) is 30.6 Å². The Morgan fingerprint density at radius 3 is 1.92 bits per heavy atom. The van der Waals surface area contributed by atoms with E-state index in [1.807, 2.05) is 12.1 Å². The lowest BCUT2D eigenvalue weighted by Gasteiger charge is -2.22. The van der Waals surface area contributed by atoms with Crippen LogP contribution in [0.4, 0.5) is 0 Å². The molecule has 2 rings (SSSR count). The quantitative estimate of drug-likeness (QED) is 0.423. The van der Waals surface area contributed by atoms with E-state index in [9.17, 15) is 4.57 Å². The van der Waals surface area contributed by atoms with E-state index < -0.39 is 7.60 Å². The molecule has 26 heavy (non-hydrogen) atoms. The van der Waals surface area contributed by atoms with Crippen molar-refractivity contribution >= 4 is 19.4 Å². The molecule has 5 nitrogen and oxygen atoms in total. The fraction of sp³-hybridized carbons (Fsp3) is 0.368. The normalized spacial score (nSPS) is 11.9. The Hall–Kier alpha value is -1.14. The third-order valence-electron chi connectivity index (χ3n) is 4.06. The predicted molar refractivity (Wildman–Crippen MR) is 108 cm³/mol. The van der Waals surface area contributed by atoms with Gasteiger partial charge >= 0.3 is 7.60 Å². The van der Waals surface area contributed by atoms with Crippen LogP contribution in [0.5, 0.6) is 0 Å². The first-order valence-corrected chi connectivity index (χ1v) is 11.6. The summed E-state index contributed by atoms with van der Waals surface area (Å²) in [4.78, 5) is 21.7. The van der Waals surface area contributed by atoms with Crippen molar-refractivity contribution in [3.8, 4) is 0 Å². The van der Waals surface area contributed by atoms with Crippen LogP contribution in [0.25, 0.3) is 0 Å². The lowest BCUT2D eigenvalue weighted by molar-refractivity contribution is 0.255. The molecule has 0 spiro atoms. The van der Waals surface area contributed by atoms with Crippen LogP contribution < -0.4 is 5.73 Å².